The summed E-state index contributed by atoms with van der Waals surface area (Å²) >= 11 is 0. The first-order valence-corrected chi connectivity index (χ1v) is 7.24. The minimum Gasteiger partial charge on any atom is -0.394 e. The third-order valence-electron chi connectivity index (χ3n) is 3.89. The fraction of sp³-hybridized carbons (Fsp3) is 0.857. The SMILES string of the molecule is CC[C@H](C)[C@H](CO)NC(=O)C(=O)N[C@@H](CO)[C@@H](C)CC. The second-order valence-electron chi connectivity index (χ2n) is 5.30. The van der Waals surface area contributed by atoms with Crippen LogP contribution in [0.5, 0.6) is 0 Å². The van der Waals surface area contributed by atoms with Gasteiger partial charge in [0.2, 0.25) is 0 Å². The largest absolute Gasteiger partial charge is 0.394 e. The predicted molar refractivity (Wildman–Crippen MR) is 76.9 cm³/mol. The number of hydrogen-bond acceptors (Lipinski definition) is 4. The smallest absolute Gasteiger partial charge is 0.309 e. The third kappa shape index (κ3) is 5.88. The molecule has 0 fully saturated rings. The van der Waals surface area contributed by atoms with Crippen LogP contribution in [-0.4, -0.2) is 47.3 Å². The van der Waals surface area contributed by atoms with Gasteiger partial charge in [-0.3, -0.25) is 9.59 Å². The number of amides is 2. The van der Waals surface area contributed by atoms with Crippen LogP contribution in [0.4, 0.5) is 0 Å². The van der Waals surface area contributed by atoms with E-state index in [4.69, 9.17) is 0 Å². The molecule has 0 aromatic rings. The maximum absolute atomic E-state index is 11.8. The lowest BCUT2D eigenvalue weighted by atomic mass is 9.99. The molecule has 0 rings (SSSR count). The van der Waals surface area contributed by atoms with Gasteiger partial charge in [0.05, 0.1) is 25.3 Å². The van der Waals surface area contributed by atoms with Crippen LogP contribution in [0.1, 0.15) is 40.5 Å². The Balaban J connectivity index is 4.50. The van der Waals surface area contributed by atoms with Crippen molar-refractivity contribution in [3.05, 3.63) is 0 Å². The predicted octanol–water partition coefficient (Wildman–Crippen LogP) is 0.0328. The minimum atomic E-state index is -0.772. The van der Waals surface area contributed by atoms with E-state index in [2.05, 4.69) is 10.6 Å². The first kappa shape index (κ1) is 18.9. The van der Waals surface area contributed by atoms with Crippen LogP contribution >= 0.6 is 0 Å². The van der Waals surface area contributed by atoms with Crippen molar-refractivity contribution in [2.24, 2.45) is 11.8 Å². The van der Waals surface area contributed by atoms with Crippen molar-refractivity contribution in [1.29, 1.82) is 0 Å². The zero-order valence-electron chi connectivity index (χ0n) is 12.8. The maximum atomic E-state index is 11.8. The molecule has 0 aromatic carbocycles. The second-order valence-corrected chi connectivity index (χ2v) is 5.30. The summed E-state index contributed by atoms with van der Waals surface area (Å²) in [6.45, 7) is 7.28. The number of aliphatic hydroxyl groups is 2. The molecule has 20 heavy (non-hydrogen) atoms. The molecule has 0 radical (unpaired) electrons. The molecule has 4 atom stereocenters. The summed E-state index contributed by atoms with van der Waals surface area (Å²) in [4.78, 5) is 23.6. The van der Waals surface area contributed by atoms with Gasteiger partial charge in [0.1, 0.15) is 0 Å². The number of rotatable bonds is 8. The summed E-state index contributed by atoms with van der Waals surface area (Å²) in [5.74, 6) is -1.38. The van der Waals surface area contributed by atoms with E-state index in [1.807, 2.05) is 27.7 Å². The van der Waals surface area contributed by atoms with Gasteiger partial charge in [-0.05, 0) is 11.8 Å². The lowest BCUT2D eigenvalue weighted by molar-refractivity contribution is -0.140. The second kappa shape index (κ2) is 9.72. The van der Waals surface area contributed by atoms with Crippen LogP contribution in [0.15, 0.2) is 0 Å². The maximum Gasteiger partial charge on any atom is 0.309 e. The van der Waals surface area contributed by atoms with Crippen molar-refractivity contribution < 1.29 is 19.8 Å². The van der Waals surface area contributed by atoms with E-state index in [1.165, 1.54) is 0 Å². The summed E-state index contributed by atoms with van der Waals surface area (Å²) in [5, 5.41) is 23.5. The highest BCUT2D eigenvalue weighted by Crippen LogP contribution is 2.08. The number of carbonyl (C=O) groups is 2. The highest BCUT2D eigenvalue weighted by atomic mass is 16.3. The lowest BCUT2D eigenvalue weighted by Gasteiger charge is -2.24. The first-order chi connectivity index (χ1) is 9.40. The van der Waals surface area contributed by atoms with Crippen LogP contribution in [0, 0.1) is 11.8 Å². The molecule has 6 heteroatoms. The van der Waals surface area contributed by atoms with E-state index in [0.717, 1.165) is 12.8 Å². The van der Waals surface area contributed by atoms with Crippen molar-refractivity contribution >= 4 is 11.8 Å². The number of aliphatic hydroxyl groups excluding tert-OH is 2. The zero-order valence-corrected chi connectivity index (χ0v) is 12.8. The minimum absolute atomic E-state index is 0.0833. The highest BCUT2D eigenvalue weighted by Gasteiger charge is 2.25. The van der Waals surface area contributed by atoms with Crippen LogP contribution in [0.25, 0.3) is 0 Å². The molecule has 0 aliphatic rings. The van der Waals surface area contributed by atoms with Crippen molar-refractivity contribution in [2.45, 2.75) is 52.6 Å². The molecule has 0 saturated carbocycles. The first-order valence-electron chi connectivity index (χ1n) is 7.24. The van der Waals surface area contributed by atoms with E-state index in [-0.39, 0.29) is 25.0 Å². The molecule has 0 aromatic heterocycles. The Morgan fingerprint density at radius 1 is 0.850 bits per heavy atom. The van der Waals surface area contributed by atoms with Crippen molar-refractivity contribution in [1.82, 2.24) is 10.6 Å². The number of hydrogen-bond donors (Lipinski definition) is 4. The highest BCUT2D eigenvalue weighted by molar-refractivity contribution is 6.35. The summed E-state index contributed by atoms with van der Waals surface area (Å²) < 4.78 is 0. The van der Waals surface area contributed by atoms with Crippen LogP contribution in [-0.2, 0) is 9.59 Å². The Kier molecular flexibility index (Phi) is 9.16. The van der Waals surface area contributed by atoms with Gasteiger partial charge in [0.15, 0.2) is 0 Å². The fourth-order valence-corrected chi connectivity index (χ4v) is 1.77. The zero-order chi connectivity index (χ0) is 15.7. The standard InChI is InChI=1S/C14H28N2O4/c1-5-9(3)11(7-17)15-13(19)14(20)16-12(8-18)10(4)6-2/h9-12,17-18H,5-8H2,1-4H3,(H,15,19)(H,16,20)/t9-,10-,11-,12-/m0/s1. The molecule has 0 aliphatic carbocycles. The van der Waals surface area contributed by atoms with E-state index < -0.39 is 23.9 Å². The van der Waals surface area contributed by atoms with E-state index in [0.29, 0.717) is 0 Å². The number of nitrogens with one attached hydrogen (secondary N) is 2. The van der Waals surface area contributed by atoms with Crippen molar-refractivity contribution in [3.8, 4) is 0 Å². The number of carbonyl (C=O) groups excluding carboxylic acids is 2. The van der Waals surface area contributed by atoms with E-state index in [9.17, 15) is 19.8 Å². The van der Waals surface area contributed by atoms with Gasteiger partial charge in [-0.25, -0.2) is 0 Å². The van der Waals surface area contributed by atoms with Gasteiger partial charge < -0.3 is 20.8 Å². The average Bonchev–Trinajstić information content (AvgIpc) is 2.47. The molecular formula is C14H28N2O4. The summed E-state index contributed by atoms with van der Waals surface area (Å²) in [7, 11) is 0. The normalized spacial score (nSPS) is 16.9. The van der Waals surface area contributed by atoms with Crippen LogP contribution < -0.4 is 10.6 Å². The Morgan fingerprint density at radius 3 is 1.35 bits per heavy atom. The Morgan fingerprint density at radius 2 is 1.15 bits per heavy atom. The molecule has 4 N–H and O–H groups in total. The summed E-state index contributed by atoms with van der Waals surface area (Å²) in [6.07, 6.45) is 1.58. The van der Waals surface area contributed by atoms with Gasteiger partial charge in [-0.15, -0.1) is 0 Å². The van der Waals surface area contributed by atoms with Crippen LogP contribution in [0.3, 0.4) is 0 Å². The molecule has 0 unspecified atom stereocenters. The molecule has 0 bridgehead atoms. The van der Waals surface area contributed by atoms with E-state index >= 15 is 0 Å². The van der Waals surface area contributed by atoms with Gasteiger partial charge >= 0.3 is 11.8 Å². The fourth-order valence-electron chi connectivity index (χ4n) is 1.77. The molecule has 2 amide bonds. The van der Waals surface area contributed by atoms with E-state index in [1.54, 1.807) is 0 Å². The lowest BCUT2D eigenvalue weighted by Crippen LogP contribution is -2.52. The Bertz CT molecular complexity index is 280. The van der Waals surface area contributed by atoms with Crippen LogP contribution in [0.2, 0.25) is 0 Å². The quantitative estimate of drug-likeness (QED) is 0.474. The van der Waals surface area contributed by atoms with Gasteiger partial charge in [0.25, 0.3) is 0 Å². The third-order valence-corrected chi connectivity index (χ3v) is 3.89. The average molecular weight is 288 g/mol. The molecule has 0 saturated heterocycles. The molecule has 6 nitrogen and oxygen atoms in total. The Hall–Kier alpha value is -1.14. The summed E-state index contributed by atoms with van der Waals surface area (Å²) in [5.41, 5.74) is 0. The molecule has 118 valence electrons. The van der Waals surface area contributed by atoms with Crippen molar-refractivity contribution in [3.63, 3.8) is 0 Å². The van der Waals surface area contributed by atoms with Gasteiger partial charge in [-0.2, -0.15) is 0 Å². The monoisotopic (exact) mass is 288 g/mol. The van der Waals surface area contributed by atoms with Gasteiger partial charge in [0, 0.05) is 0 Å². The Labute approximate surface area is 120 Å². The topological polar surface area (TPSA) is 98.7 Å². The molecule has 0 spiro atoms. The molecule has 0 aliphatic heterocycles. The molecular weight excluding hydrogens is 260 g/mol. The molecule has 0 heterocycles. The summed E-state index contributed by atoms with van der Waals surface area (Å²) in [6, 6.07) is -0.871. The van der Waals surface area contributed by atoms with Gasteiger partial charge in [-0.1, -0.05) is 40.5 Å². The van der Waals surface area contributed by atoms with Crippen molar-refractivity contribution in [2.75, 3.05) is 13.2 Å².